The highest BCUT2D eigenvalue weighted by Gasteiger charge is 1.97. The normalized spacial score (nSPS) is 10.7. The zero-order valence-electron chi connectivity index (χ0n) is 12.0. The van der Waals surface area contributed by atoms with E-state index in [0.29, 0.717) is 0 Å². The van der Waals surface area contributed by atoms with Crippen molar-refractivity contribution in [2.45, 2.75) is 13.5 Å². The molecular weight excluding hydrogens is 322 g/mol. The summed E-state index contributed by atoms with van der Waals surface area (Å²) in [6.45, 7) is 3.15. The zero-order valence-corrected chi connectivity index (χ0v) is 13.6. The highest BCUT2D eigenvalue weighted by atomic mass is 79.9. The van der Waals surface area contributed by atoms with Gasteiger partial charge in [-0.2, -0.15) is 0 Å². The Kier molecular flexibility index (Phi) is 5.29. The molecule has 1 heterocycles. The molecule has 0 saturated carbocycles. The fraction of sp³-hybridized carbons (Fsp3) is 0.105. The molecule has 106 valence electrons. The van der Waals surface area contributed by atoms with Crippen LogP contribution in [0.1, 0.15) is 18.1 Å². The molecule has 0 amide bonds. The quantitative estimate of drug-likeness (QED) is 0.634. The predicted molar refractivity (Wildman–Crippen MR) is 85.2 cm³/mol. The maximum Gasteiger partial charge on any atom is 0.169 e. The Morgan fingerprint density at radius 3 is 2.33 bits per heavy atom. The molecule has 0 fully saturated rings. The molecule has 2 aromatic carbocycles. The predicted octanol–water partition coefficient (Wildman–Crippen LogP) is 1.32. The Morgan fingerprint density at radius 1 is 0.857 bits per heavy atom. The second-order valence-corrected chi connectivity index (χ2v) is 4.86. The van der Waals surface area contributed by atoms with Crippen LogP contribution in [0.2, 0.25) is 0 Å². The fourth-order valence-electron chi connectivity index (χ4n) is 2.37. The molecule has 2 heteroatoms. The average Bonchev–Trinajstić information content (AvgIpc) is 2.53. The maximum absolute atomic E-state index is 2.19. The minimum Gasteiger partial charge on any atom is -1.00 e. The number of aromatic nitrogens is 1. The first-order valence-electron chi connectivity index (χ1n) is 7.02. The van der Waals surface area contributed by atoms with Gasteiger partial charge in [0.25, 0.3) is 0 Å². The summed E-state index contributed by atoms with van der Waals surface area (Å²) in [6.07, 6.45) is 8.58. The lowest BCUT2D eigenvalue weighted by atomic mass is 10.0. The van der Waals surface area contributed by atoms with Crippen LogP contribution in [0.5, 0.6) is 0 Å². The molecule has 0 atom stereocenters. The number of aryl methyl sites for hydroxylation is 1. The number of halogens is 1. The zero-order chi connectivity index (χ0) is 13.8. The van der Waals surface area contributed by atoms with E-state index >= 15 is 0 Å². The van der Waals surface area contributed by atoms with Gasteiger partial charge in [-0.3, -0.25) is 0 Å². The Balaban J connectivity index is 0.00000161. The number of rotatable bonds is 3. The van der Waals surface area contributed by atoms with Gasteiger partial charge in [0.1, 0.15) is 6.54 Å². The molecular formula is C19H18BrN. The molecule has 1 nitrogen and oxygen atoms in total. The molecule has 0 spiro atoms. The first-order valence-corrected chi connectivity index (χ1v) is 7.02. The van der Waals surface area contributed by atoms with Crippen LogP contribution in [0.3, 0.4) is 0 Å². The van der Waals surface area contributed by atoms with Gasteiger partial charge in [0.2, 0.25) is 0 Å². The van der Waals surface area contributed by atoms with Crippen LogP contribution in [-0.4, -0.2) is 0 Å². The topological polar surface area (TPSA) is 3.88 Å². The summed E-state index contributed by atoms with van der Waals surface area (Å²) < 4.78 is 2.16. The number of nitrogens with zero attached hydrogens (tertiary/aromatic N) is 1. The molecule has 0 saturated heterocycles. The first kappa shape index (κ1) is 15.5. The molecule has 3 aromatic rings. The van der Waals surface area contributed by atoms with E-state index in [-0.39, 0.29) is 17.0 Å². The van der Waals surface area contributed by atoms with E-state index in [1.807, 2.05) is 0 Å². The van der Waals surface area contributed by atoms with Gasteiger partial charge in [-0.05, 0) is 28.8 Å². The van der Waals surface area contributed by atoms with Crippen molar-refractivity contribution in [3.8, 4) is 0 Å². The van der Waals surface area contributed by atoms with Crippen LogP contribution >= 0.6 is 0 Å². The van der Waals surface area contributed by atoms with Crippen molar-refractivity contribution in [2.24, 2.45) is 0 Å². The van der Waals surface area contributed by atoms with Crippen LogP contribution in [0, 0.1) is 0 Å². The number of pyridine rings is 1. The lowest BCUT2D eigenvalue weighted by Crippen LogP contribution is -3.00. The van der Waals surface area contributed by atoms with Crippen molar-refractivity contribution in [3.05, 3.63) is 78.1 Å². The van der Waals surface area contributed by atoms with Crippen molar-refractivity contribution >= 4 is 22.9 Å². The van der Waals surface area contributed by atoms with E-state index in [2.05, 4.69) is 90.6 Å². The number of benzene rings is 2. The van der Waals surface area contributed by atoms with Gasteiger partial charge in [-0.15, -0.1) is 0 Å². The molecule has 0 unspecified atom stereocenters. The third-order valence-electron chi connectivity index (χ3n) is 3.56. The second-order valence-electron chi connectivity index (χ2n) is 4.86. The molecule has 0 aliphatic heterocycles. The largest absolute Gasteiger partial charge is 1.00 e. The van der Waals surface area contributed by atoms with Gasteiger partial charge in [-0.1, -0.05) is 54.6 Å². The first-order chi connectivity index (χ1) is 9.86. The monoisotopic (exact) mass is 339 g/mol. The number of fused-ring (bicyclic) bond motifs is 1. The van der Waals surface area contributed by atoms with Gasteiger partial charge in [0.05, 0.1) is 0 Å². The molecule has 0 aliphatic carbocycles. The summed E-state index contributed by atoms with van der Waals surface area (Å²) in [5.41, 5.74) is 2.48. The van der Waals surface area contributed by atoms with Gasteiger partial charge < -0.3 is 17.0 Å². The summed E-state index contributed by atoms with van der Waals surface area (Å²) in [4.78, 5) is 0. The van der Waals surface area contributed by atoms with Crippen molar-refractivity contribution < 1.29 is 21.5 Å². The lowest BCUT2D eigenvalue weighted by Gasteiger charge is -2.01. The van der Waals surface area contributed by atoms with Gasteiger partial charge in [0.15, 0.2) is 12.4 Å². The van der Waals surface area contributed by atoms with Gasteiger partial charge in [-0.25, -0.2) is 4.57 Å². The van der Waals surface area contributed by atoms with Gasteiger partial charge >= 0.3 is 0 Å². The van der Waals surface area contributed by atoms with Crippen molar-refractivity contribution in [1.82, 2.24) is 0 Å². The Labute approximate surface area is 136 Å². The minimum absolute atomic E-state index is 0. The van der Waals surface area contributed by atoms with Crippen LogP contribution in [0.15, 0.2) is 67.0 Å². The summed E-state index contributed by atoms with van der Waals surface area (Å²) in [6, 6.07) is 19.2. The summed E-state index contributed by atoms with van der Waals surface area (Å²) in [5, 5.41) is 2.58. The highest BCUT2D eigenvalue weighted by molar-refractivity contribution is 5.92. The van der Waals surface area contributed by atoms with E-state index in [1.54, 1.807) is 0 Å². The van der Waals surface area contributed by atoms with Crippen molar-refractivity contribution in [1.29, 1.82) is 0 Å². The third kappa shape index (κ3) is 3.59. The SMILES string of the molecule is CC[n+]1ccc(/C=C/c2cccc3ccccc23)cc1.[Br-]. The maximum atomic E-state index is 2.19. The molecule has 0 N–H and O–H groups in total. The highest BCUT2D eigenvalue weighted by Crippen LogP contribution is 2.20. The Bertz CT molecular complexity index is 740. The Hall–Kier alpha value is -1.93. The lowest BCUT2D eigenvalue weighted by molar-refractivity contribution is -0.693. The van der Waals surface area contributed by atoms with E-state index < -0.39 is 0 Å². The number of hydrogen-bond donors (Lipinski definition) is 0. The van der Waals surface area contributed by atoms with Crippen LogP contribution in [-0.2, 0) is 6.54 Å². The smallest absolute Gasteiger partial charge is 0.169 e. The van der Waals surface area contributed by atoms with Crippen LogP contribution in [0.4, 0.5) is 0 Å². The molecule has 1 aromatic heterocycles. The molecule has 21 heavy (non-hydrogen) atoms. The summed E-state index contributed by atoms with van der Waals surface area (Å²) >= 11 is 0. The molecule has 3 rings (SSSR count). The molecule has 0 aliphatic rings. The van der Waals surface area contributed by atoms with Crippen LogP contribution < -0.4 is 21.5 Å². The number of hydrogen-bond acceptors (Lipinski definition) is 0. The van der Waals surface area contributed by atoms with Crippen LogP contribution in [0.25, 0.3) is 22.9 Å². The fourth-order valence-corrected chi connectivity index (χ4v) is 2.37. The van der Waals surface area contributed by atoms with E-state index in [4.69, 9.17) is 0 Å². The summed E-state index contributed by atoms with van der Waals surface area (Å²) in [7, 11) is 0. The molecule has 0 radical (unpaired) electrons. The second kappa shape index (κ2) is 7.19. The van der Waals surface area contributed by atoms with E-state index in [0.717, 1.165) is 6.54 Å². The third-order valence-corrected chi connectivity index (χ3v) is 3.56. The van der Waals surface area contributed by atoms with Gasteiger partial charge in [0, 0.05) is 12.1 Å². The van der Waals surface area contributed by atoms with E-state index in [1.165, 1.54) is 21.9 Å². The standard InChI is InChI=1S/C19H18N.BrH/c1-2-20-14-12-16(13-15-20)10-11-18-8-5-7-17-6-3-4-9-19(17)18;/h3-15H,2H2,1H3;1H/q+1;/p-1/b11-10+;. The van der Waals surface area contributed by atoms with Crippen molar-refractivity contribution in [3.63, 3.8) is 0 Å². The Morgan fingerprint density at radius 2 is 1.57 bits per heavy atom. The average molecular weight is 340 g/mol. The summed E-state index contributed by atoms with van der Waals surface area (Å²) in [5.74, 6) is 0. The van der Waals surface area contributed by atoms with Crippen molar-refractivity contribution in [2.75, 3.05) is 0 Å². The molecule has 0 bridgehead atoms. The minimum atomic E-state index is 0. The van der Waals surface area contributed by atoms with E-state index in [9.17, 15) is 0 Å².